The lowest BCUT2D eigenvalue weighted by molar-refractivity contribution is 0.0668. The quantitative estimate of drug-likeness (QED) is 0.662. The first-order chi connectivity index (χ1) is 12.4. The van der Waals surface area contributed by atoms with Gasteiger partial charge in [-0.25, -0.2) is 9.37 Å². The van der Waals surface area contributed by atoms with Crippen molar-refractivity contribution in [3.8, 4) is 5.75 Å². The van der Waals surface area contributed by atoms with Crippen LogP contribution in [0.5, 0.6) is 5.75 Å². The van der Waals surface area contributed by atoms with Crippen LogP contribution in [0.15, 0.2) is 24.3 Å². The van der Waals surface area contributed by atoms with Crippen LogP contribution in [-0.4, -0.2) is 49.2 Å². The van der Waals surface area contributed by atoms with Crippen LogP contribution in [0.2, 0.25) is 0 Å². The van der Waals surface area contributed by atoms with Gasteiger partial charge in [0.05, 0.1) is 23.9 Å². The third-order valence-electron chi connectivity index (χ3n) is 3.81. The minimum atomic E-state index is -0.415. The normalized spacial score (nSPS) is 11.0. The van der Waals surface area contributed by atoms with Gasteiger partial charge in [0.15, 0.2) is 11.6 Å². The molecule has 1 amide bonds. The van der Waals surface area contributed by atoms with Crippen LogP contribution in [0.25, 0.3) is 0 Å². The Morgan fingerprint density at radius 2 is 1.96 bits per heavy atom. The van der Waals surface area contributed by atoms with Crippen molar-refractivity contribution in [3.05, 3.63) is 45.7 Å². The van der Waals surface area contributed by atoms with E-state index in [9.17, 15) is 9.18 Å². The molecule has 0 aliphatic carbocycles. The van der Waals surface area contributed by atoms with E-state index in [2.05, 4.69) is 18.8 Å². The van der Waals surface area contributed by atoms with Gasteiger partial charge < -0.3 is 14.4 Å². The molecule has 1 aromatic carbocycles. The van der Waals surface area contributed by atoms with Crippen molar-refractivity contribution in [2.45, 2.75) is 26.7 Å². The molecule has 0 N–H and O–H groups in total. The second-order valence-corrected chi connectivity index (χ2v) is 7.22. The summed E-state index contributed by atoms with van der Waals surface area (Å²) in [7, 11) is 1.59. The number of rotatable bonds is 9. The zero-order valence-corrected chi connectivity index (χ0v) is 16.4. The van der Waals surface area contributed by atoms with Gasteiger partial charge in [-0.15, -0.1) is 11.3 Å². The Bertz CT molecular complexity index is 733. The smallest absolute Gasteiger partial charge is 0.266 e. The lowest BCUT2D eigenvalue weighted by Crippen LogP contribution is -2.37. The highest BCUT2D eigenvalue weighted by Gasteiger charge is 2.22. The van der Waals surface area contributed by atoms with Crippen molar-refractivity contribution >= 4 is 17.2 Å². The highest BCUT2D eigenvalue weighted by atomic mass is 32.1. The van der Waals surface area contributed by atoms with Gasteiger partial charge in [-0.2, -0.15) is 0 Å². The van der Waals surface area contributed by atoms with E-state index in [0.29, 0.717) is 24.6 Å². The van der Waals surface area contributed by atoms with E-state index in [-0.39, 0.29) is 24.2 Å². The standard InChI is InChI=1S/C19H25FN2O3S/c1-13(2)18-21-14(3)17(26-18)19(23)22(9-11-24-4)10-12-25-16-8-6-5-7-15(16)20/h5-8,13H,9-12H2,1-4H3. The Hall–Kier alpha value is -1.99. The van der Waals surface area contributed by atoms with Crippen LogP contribution >= 0.6 is 11.3 Å². The third-order valence-corrected chi connectivity index (χ3v) is 5.26. The van der Waals surface area contributed by atoms with Crippen LogP contribution in [0.1, 0.15) is 40.1 Å². The Kier molecular flexibility index (Phi) is 7.53. The number of nitrogens with zero attached hydrogens (tertiary/aromatic N) is 2. The van der Waals surface area contributed by atoms with Gasteiger partial charge in [0.2, 0.25) is 0 Å². The molecule has 0 unspecified atom stereocenters. The predicted octanol–water partition coefficient (Wildman–Crippen LogP) is 3.88. The topological polar surface area (TPSA) is 51.7 Å². The summed E-state index contributed by atoms with van der Waals surface area (Å²) < 4.78 is 24.2. The van der Waals surface area contributed by atoms with Gasteiger partial charge in [0.1, 0.15) is 11.5 Å². The minimum absolute atomic E-state index is 0.0962. The molecule has 1 aromatic heterocycles. The van der Waals surface area contributed by atoms with E-state index in [1.54, 1.807) is 30.2 Å². The maximum absolute atomic E-state index is 13.6. The van der Waals surface area contributed by atoms with Crippen LogP contribution < -0.4 is 4.74 Å². The SMILES string of the molecule is COCCN(CCOc1ccccc1F)C(=O)c1sc(C(C)C)nc1C. The molecule has 0 bridgehead atoms. The minimum Gasteiger partial charge on any atom is -0.489 e. The van der Waals surface area contributed by atoms with Gasteiger partial charge in [-0.05, 0) is 19.1 Å². The predicted molar refractivity (Wildman–Crippen MR) is 101 cm³/mol. The fourth-order valence-electron chi connectivity index (χ4n) is 2.35. The second kappa shape index (κ2) is 9.64. The summed E-state index contributed by atoms with van der Waals surface area (Å²) in [6.45, 7) is 7.34. The number of carbonyl (C=O) groups is 1. The van der Waals surface area contributed by atoms with Crippen molar-refractivity contribution in [2.75, 3.05) is 33.4 Å². The number of methoxy groups -OCH3 is 1. The number of hydrogen-bond acceptors (Lipinski definition) is 5. The Labute approximate surface area is 157 Å². The molecule has 1 heterocycles. The molecular formula is C19H25FN2O3S. The summed E-state index contributed by atoms with van der Waals surface area (Å²) >= 11 is 1.43. The fourth-order valence-corrected chi connectivity index (χ4v) is 3.39. The maximum atomic E-state index is 13.6. The Morgan fingerprint density at radius 1 is 1.27 bits per heavy atom. The van der Waals surface area contributed by atoms with Crippen LogP contribution in [0, 0.1) is 12.7 Å². The van der Waals surface area contributed by atoms with Crippen molar-refractivity contribution in [1.29, 1.82) is 0 Å². The number of aryl methyl sites for hydroxylation is 1. The van der Waals surface area contributed by atoms with Crippen molar-refractivity contribution in [1.82, 2.24) is 9.88 Å². The Morgan fingerprint density at radius 3 is 2.58 bits per heavy atom. The molecule has 0 fully saturated rings. The number of thiazole rings is 1. The lowest BCUT2D eigenvalue weighted by Gasteiger charge is -2.22. The summed E-state index contributed by atoms with van der Waals surface area (Å²) in [6, 6.07) is 6.23. The first-order valence-corrected chi connectivity index (χ1v) is 9.38. The van der Waals surface area contributed by atoms with Gasteiger partial charge in [0.25, 0.3) is 5.91 Å². The molecule has 7 heteroatoms. The van der Waals surface area contributed by atoms with Crippen LogP contribution in [0.3, 0.4) is 0 Å². The molecule has 26 heavy (non-hydrogen) atoms. The average Bonchev–Trinajstić information content (AvgIpc) is 3.01. The van der Waals surface area contributed by atoms with E-state index >= 15 is 0 Å². The molecular weight excluding hydrogens is 355 g/mol. The lowest BCUT2D eigenvalue weighted by atomic mass is 10.2. The zero-order valence-electron chi connectivity index (χ0n) is 15.6. The Balaban J connectivity index is 2.06. The molecule has 0 spiro atoms. The second-order valence-electron chi connectivity index (χ2n) is 6.19. The van der Waals surface area contributed by atoms with Gasteiger partial charge >= 0.3 is 0 Å². The number of benzene rings is 1. The number of para-hydroxylation sites is 1. The number of carbonyl (C=O) groups excluding carboxylic acids is 1. The molecule has 0 radical (unpaired) electrons. The summed E-state index contributed by atoms with van der Waals surface area (Å²) in [5.41, 5.74) is 0.737. The van der Waals surface area contributed by atoms with E-state index in [1.807, 2.05) is 6.92 Å². The largest absolute Gasteiger partial charge is 0.489 e. The summed E-state index contributed by atoms with van der Waals surface area (Å²) in [4.78, 5) is 19.7. The first kappa shape index (κ1) is 20.3. The van der Waals surface area contributed by atoms with E-state index in [0.717, 1.165) is 10.7 Å². The molecule has 0 saturated carbocycles. The monoisotopic (exact) mass is 380 g/mol. The molecule has 0 atom stereocenters. The van der Waals surface area contributed by atoms with Crippen molar-refractivity contribution < 1.29 is 18.7 Å². The van der Waals surface area contributed by atoms with E-state index in [1.165, 1.54) is 17.4 Å². The van der Waals surface area contributed by atoms with Gasteiger partial charge in [0, 0.05) is 19.6 Å². The number of aromatic nitrogens is 1. The molecule has 5 nitrogen and oxygen atoms in total. The molecule has 142 valence electrons. The summed E-state index contributed by atoms with van der Waals surface area (Å²) in [5.74, 6) is -0.0528. The number of amides is 1. The average molecular weight is 380 g/mol. The van der Waals surface area contributed by atoms with E-state index in [4.69, 9.17) is 9.47 Å². The molecule has 0 aliphatic heterocycles. The summed E-state index contributed by atoms with van der Waals surface area (Å²) in [5, 5.41) is 0.945. The van der Waals surface area contributed by atoms with Crippen LogP contribution in [0.4, 0.5) is 4.39 Å². The van der Waals surface area contributed by atoms with Gasteiger partial charge in [-0.1, -0.05) is 26.0 Å². The number of halogens is 1. The van der Waals surface area contributed by atoms with Crippen molar-refractivity contribution in [2.24, 2.45) is 0 Å². The molecule has 2 aromatic rings. The first-order valence-electron chi connectivity index (χ1n) is 8.57. The highest BCUT2D eigenvalue weighted by molar-refractivity contribution is 7.13. The molecule has 0 saturated heterocycles. The molecule has 2 rings (SSSR count). The van der Waals surface area contributed by atoms with Gasteiger partial charge in [-0.3, -0.25) is 4.79 Å². The van der Waals surface area contributed by atoms with Crippen molar-refractivity contribution in [3.63, 3.8) is 0 Å². The third kappa shape index (κ3) is 5.25. The molecule has 0 aliphatic rings. The maximum Gasteiger partial charge on any atom is 0.266 e. The number of ether oxygens (including phenoxy) is 2. The fraction of sp³-hybridized carbons (Fsp3) is 0.474. The summed E-state index contributed by atoms with van der Waals surface area (Å²) in [6.07, 6.45) is 0. The number of hydrogen-bond donors (Lipinski definition) is 0. The van der Waals surface area contributed by atoms with E-state index < -0.39 is 5.82 Å². The zero-order chi connectivity index (χ0) is 19.1. The van der Waals surface area contributed by atoms with Crippen LogP contribution in [-0.2, 0) is 4.74 Å². The highest BCUT2D eigenvalue weighted by Crippen LogP contribution is 2.25.